The summed E-state index contributed by atoms with van der Waals surface area (Å²) in [7, 11) is 0. The van der Waals surface area contributed by atoms with Gasteiger partial charge in [-0.3, -0.25) is 4.79 Å². The normalized spacial score (nSPS) is 10.8. The van der Waals surface area contributed by atoms with Crippen LogP contribution in [-0.2, 0) is 6.42 Å². The summed E-state index contributed by atoms with van der Waals surface area (Å²) in [4.78, 5) is 23.8. The average Bonchev–Trinajstić information content (AvgIpc) is 3.13. The molecule has 28 heavy (non-hydrogen) atoms. The molecule has 0 saturated heterocycles. The molecular formula is C21H18FN5O. The smallest absolute Gasteiger partial charge is 0.270 e. The number of para-hydroxylation sites is 2. The highest BCUT2D eigenvalue weighted by Gasteiger charge is 2.10. The zero-order valence-electron chi connectivity index (χ0n) is 14.9. The van der Waals surface area contributed by atoms with E-state index in [1.54, 1.807) is 18.2 Å². The fraction of sp³-hybridized carbons (Fsp3) is 0.0952. The molecule has 0 aliphatic carbocycles. The summed E-state index contributed by atoms with van der Waals surface area (Å²) in [5.41, 5.74) is 2.68. The number of anilines is 2. The molecule has 2 heterocycles. The van der Waals surface area contributed by atoms with E-state index in [1.165, 1.54) is 18.3 Å². The number of fused-ring (bicyclic) bond motifs is 1. The van der Waals surface area contributed by atoms with E-state index in [0.29, 0.717) is 13.0 Å². The van der Waals surface area contributed by atoms with Crippen LogP contribution in [0.25, 0.3) is 10.9 Å². The number of benzene rings is 2. The van der Waals surface area contributed by atoms with Crippen LogP contribution in [0.1, 0.15) is 16.1 Å². The minimum atomic E-state index is -0.417. The van der Waals surface area contributed by atoms with Crippen molar-refractivity contribution < 1.29 is 9.18 Å². The predicted molar refractivity (Wildman–Crippen MR) is 106 cm³/mol. The number of hydrogen-bond donors (Lipinski definition) is 3. The van der Waals surface area contributed by atoms with Crippen molar-refractivity contribution in [2.75, 3.05) is 11.9 Å². The molecule has 4 rings (SSSR count). The molecule has 0 saturated carbocycles. The van der Waals surface area contributed by atoms with E-state index in [1.807, 2.05) is 30.5 Å². The largest absolute Gasteiger partial charge is 0.361 e. The Bertz CT molecular complexity index is 1120. The van der Waals surface area contributed by atoms with Crippen LogP contribution >= 0.6 is 0 Å². The first-order valence-corrected chi connectivity index (χ1v) is 8.88. The maximum absolute atomic E-state index is 13.7. The van der Waals surface area contributed by atoms with Gasteiger partial charge in [-0.2, -0.15) is 0 Å². The van der Waals surface area contributed by atoms with E-state index < -0.39 is 5.82 Å². The van der Waals surface area contributed by atoms with Gasteiger partial charge in [0.15, 0.2) is 0 Å². The first-order valence-electron chi connectivity index (χ1n) is 8.88. The van der Waals surface area contributed by atoms with Crippen LogP contribution in [0.4, 0.5) is 16.0 Å². The second-order valence-electron chi connectivity index (χ2n) is 6.24. The Hall–Kier alpha value is -3.74. The number of hydrogen-bond acceptors (Lipinski definition) is 4. The number of aromatic amines is 1. The molecule has 0 unspecified atom stereocenters. The number of H-pyrrole nitrogens is 1. The molecule has 7 heteroatoms. The van der Waals surface area contributed by atoms with Gasteiger partial charge in [0.1, 0.15) is 11.5 Å². The summed E-state index contributed by atoms with van der Waals surface area (Å²) < 4.78 is 13.7. The van der Waals surface area contributed by atoms with Crippen molar-refractivity contribution >= 4 is 28.4 Å². The molecule has 140 valence electrons. The minimum absolute atomic E-state index is 0.161. The number of aromatic nitrogens is 3. The number of nitrogens with zero attached hydrogens (tertiary/aromatic N) is 2. The van der Waals surface area contributed by atoms with Crippen molar-refractivity contribution in [3.05, 3.63) is 84.1 Å². The SMILES string of the molecule is O=C(NCCc1c[nH]c2ccccc12)c1ccnc(Nc2ccccc2F)n1. The third-order valence-corrected chi connectivity index (χ3v) is 4.36. The summed E-state index contributed by atoms with van der Waals surface area (Å²) in [5.74, 6) is -0.562. The molecule has 0 spiro atoms. The summed E-state index contributed by atoms with van der Waals surface area (Å²) in [5, 5.41) is 6.79. The number of amides is 1. The van der Waals surface area contributed by atoms with Gasteiger partial charge in [0.2, 0.25) is 5.95 Å². The van der Waals surface area contributed by atoms with Gasteiger partial charge >= 0.3 is 0 Å². The van der Waals surface area contributed by atoms with Crippen LogP contribution in [0.5, 0.6) is 0 Å². The molecule has 3 N–H and O–H groups in total. The number of carbonyl (C=O) groups is 1. The van der Waals surface area contributed by atoms with Gasteiger partial charge in [0, 0.05) is 29.8 Å². The average molecular weight is 375 g/mol. The van der Waals surface area contributed by atoms with Crippen LogP contribution in [0.15, 0.2) is 67.0 Å². The van der Waals surface area contributed by atoms with Gasteiger partial charge in [-0.1, -0.05) is 30.3 Å². The fourth-order valence-electron chi connectivity index (χ4n) is 2.97. The second-order valence-corrected chi connectivity index (χ2v) is 6.24. The number of rotatable bonds is 6. The Kier molecular flexibility index (Phi) is 4.97. The topological polar surface area (TPSA) is 82.7 Å². The summed E-state index contributed by atoms with van der Waals surface area (Å²) in [6, 6.07) is 15.8. The lowest BCUT2D eigenvalue weighted by Crippen LogP contribution is -2.26. The summed E-state index contributed by atoms with van der Waals surface area (Å²) in [6.07, 6.45) is 4.11. The van der Waals surface area contributed by atoms with E-state index in [0.717, 1.165) is 16.5 Å². The monoisotopic (exact) mass is 375 g/mol. The lowest BCUT2D eigenvalue weighted by molar-refractivity contribution is 0.0949. The maximum Gasteiger partial charge on any atom is 0.270 e. The Balaban J connectivity index is 1.39. The molecule has 0 radical (unpaired) electrons. The van der Waals surface area contributed by atoms with Crippen molar-refractivity contribution in [1.82, 2.24) is 20.3 Å². The van der Waals surface area contributed by atoms with Gasteiger partial charge in [-0.25, -0.2) is 14.4 Å². The molecule has 6 nitrogen and oxygen atoms in total. The Morgan fingerprint density at radius 2 is 1.89 bits per heavy atom. The first-order chi connectivity index (χ1) is 13.7. The predicted octanol–water partition coefficient (Wildman–Crippen LogP) is 3.81. The van der Waals surface area contributed by atoms with Crippen LogP contribution in [0.3, 0.4) is 0 Å². The molecule has 2 aromatic carbocycles. The van der Waals surface area contributed by atoms with Gasteiger partial charge in [-0.05, 0) is 36.2 Å². The van der Waals surface area contributed by atoms with E-state index in [9.17, 15) is 9.18 Å². The molecule has 0 fully saturated rings. The standard InChI is InChI=1S/C21H18FN5O/c22-16-6-2-4-8-18(16)26-21-24-12-10-19(27-21)20(28)23-11-9-14-13-25-17-7-3-1-5-15(14)17/h1-8,10,12-13,25H,9,11H2,(H,23,28)(H,24,26,27). The van der Waals surface area contributed by atoms with Gasteiger partial charge < -0.3 is 15.6 Å². The third kappa shape index (κ3) is 3.83. The van der Waals surface area contributed by atoms with Crippen LogP contribution in [-0.4, -0.2) is 27.4 Å². The summed E-state index contributed by atoms with van der Waals surface area (Å²) >= 11 is 0. The zero-order valence-corrected chi connectivity index (χ0v) is 14.9. The van der Waals surface area contributed by atoms with E-state index in [-0.39, 0.29) is 23.2 Å². The van der Waals surface area contributed by atoms with Gasteiger partial charge in [0.25, 0.3) is 5.91 Å². The first kappa shape index (κ1) is 17.7. The Morgan fingerprint density at radius 3 is 2.79 bits per heavy atom. The molecule has 0 aliphatic rings. The number of carbonyl (C=O) groups excluding carboxylic acids is 1. The fourth-order valence-corrected chi connectivity index (χ4v) is 2.97. The Labute approximate surface area is 160 Å². The van der Waals surface area contributed by atoms with Gasteiger partial charge in [-0.15, -0.1) is 0 Å². The van der Waals surface area contributed by atoms with Crippen molar-refractivity contribution in [1.29, 1.82) is 0 Å². The molecule has 0 atom stereocenters. The minimum Gasteiger partial charge on any atom is -0.361 e. The van der Waals surface area contributed by atoms with Crippen LogP contribution in [0.2, 0.25) is 0 Å². The third-order valence-electron chi connectivity index (χ3n) is 4.36. The highest BCUT2D eigenvalue weighted by Crippen LogP contribution is 2.18. The summed E-state index contributed by atoms with van der Waals surface area (Å²) in [6.45, 7) is 0.473. The lowest BCUT2D eigenvalue weighted by atomic mass is 10.1. The number of nitrogens with one attached hydrogen (secondary N) is 3. The highest BCUT2D eigenvalue weighted by atomic mass is 19.1. The quantitative estimate of drug-likeness (QED) is 0.479. The molecular weight excluding hydrogens is 357 g/mol. The molecule has 4 aromatic rings. The van der Waals surface area contributed by atoms with E-state index in [4.69, 9.17) is 0 Å². The molecule has 2 aromatic heterocycles. The van der Waals surface area contributed by atoms with E-state index in [2.05, 4.69) is 25.6 Å². The molecule has 1 amide bonds. The van der Waals surface area contributed by atoms with Crippen molar-refractivity contribution in [2.45, 2.75) is 6.42 Å². The number of halogens is 1. The lowest BCUT2D eigenvalue weighted by Gasteiger charge is -2.08. The van der Waals surface area contributed by atoms with Crippen molar-refractivity contribution in [3.63, 3.8) is 0 Å². The van der Waals surface area contributed by atoms with Crippen LogP contribution in [0, 0.1) is 5.82 Å². The van der Waals surface area contributed by atoms with Crippen molar-refractivity contribution in [2.24, 2.45) is 0 Å². The van der Waals surface area contributed by atoms with Gasteiger partial charge in [0.05, 0.1) is 5.69 Å². The van der Waals surface area contributed by atoms with Crippen molar-refractivity contribution in [3.8, 4) is 0 Å². The Morgan fingerprint density at radius 1 is 1.07 bits per heavy atom. The molecule has 0 bridgehead atoms. The maximum atomic E-state index is 13.7. The zero-order chi connectivity index (χ0) is 19.3. The van der Waals surface area contributed by atoms with Crippen LogP contribution < -0.4 is 10.6 Å². The highest BCUT2D eigenvalue weighted by molar-refractivity contribution is 5.92. The second kappa shape index (κ2) is 7.87. The molecule has 0 aliphatic heterocycles. The van der Waals surface area contributed by atoms with E-state index >= 15 is 0 Å².